The minimum Gasteiger partial charge on any atom is -0.486 e. The van der Waals surface area contributed by atoms with Crippen LogP contribution in [0.4, 0.5) is 0 Å². The van der Waals surface area contributed by atoms with Crippen molar-refractivity contribution < 1.29 is 18.7 Å². The molecule has 1 N–H and O–H groups in total. The van der Waals surface area contributed by atoms with Gasteiger partial charge in [0, 0.05) is 34.3 Å². The Balaban J connectivity index is 2.30. The van der Waals surface area contributed by atoms with Gasteiger partial charge >= 0.3 is 5.63 Å². The first-order valence-corrected chi connectivity index (χ1v) is 6.88. The Morgan fingerprint density at radius 2 is 2.00 bits per heavy atom. The van der Waals surface area contributed by atoms with Gasteiger partial charge in [-0.1, -0.05) is 0 Å². The zero-order chi connectivity index (χ0) is 14.1. The first-order valence-electron chi connectivity index (χ1n) is 6.08. The zero-order valence-corrected chi connectivity index (χ0v) is 12.0. The summed E-state index contributed by atoms with van der Waals surface area (Å²) in [4.78, 5) is 11.4. The molecule has 0 atom stereocenters. The van der Waals surface area contributed by atoms with Crippen molar-refractivity contribution in [1.29, 1.82) is 0 Å². The van der Waals surface area contributed by atoms with E-state index in [9.17, 15) is 4.79 Å². The fourth-order valence-electron chi connectivity index (χ4n) is 2.03. The Kier molecular flexibility index (Phi) is 3.50. The number of fused-ring (bicyclic) bond motifs is 2. The van der Waals surface area contributed by atoms with E-state index in [0.29, 0.717) is 29.9 Å². The number of aliphatic hydroxyl groups excluding tert-OH is 1. The molecule has 2 aromatic heterocycles. The molecular formula is C14H11BrO5. The summed E-state index contributed by atoms with van der Waals surface area (Å²) in [6.45, 7) is 0.335. The first-order chi connectivity index (χ1) is 9.72. The first kappa shape index (κ1) is 13.2. The molecular weight excluding hydrogens is 328 g/mol. The number of aliphatic hydroxyl groups is 1. The smallest absolute Gasteiger partial charge is 0.336 e. The second kappa shape index (κ2) is 5.30. The highest BCUT2D eigenvalue weighted by molar-refractivity contribution is 9.10. The van der Waals surface area contributed by atoms with E-state index in [2.05, 4.69) is 15.9 Å². The Hall–Kier alpha value is -1.79. The van der Waals surface area contributed by atoms with Gasteiger partial charge in [-0.05, 0) is 28.1 Å². The second-order valence-corrected chi connectivity index (χ2v) is 5.02. The highest BCUT2D eigenvalue weighted by Gasteiger charge is 2.18. The molecule has 0 aliphatic heterocycles. The molecule has 0 bridgehead atoms. The van der Waals surface area contributed by atoms with E-state index in [1.54, 1.807) is 12.3 Å². The van der Waals surface area contributed by atoms with Gasteiger partial charge in [0.1, 0.15) is 0 Å². The lowest BCUT2D eigenvalue weighted by molar-refractivity contribution is 0.233. The monoisotopic (exact) mass is 338 g/mol. The summed E-state index contributed by atoms with van der Waals surface area (Å²) in [5.74, 6) is 0.384. The molecule has 1 aromatic carbocycles. The van der Waals surface area contributed by atoms with Gasteiger partial charge < -0.3 is 18.7 Å². The van der Waals surface area contributed by atoms with Crippen molar-refractivity contribution >= 4 is 37.9 Å². The normalized spacial score (nSPS) is 11.3. The Morgan fingerprint density at radius 3 is 2.80 bits per heavy atom. The van der Waals surface area contributed by atoms with Gasteiger partial charge in [-0.25, -0.2) is 4.79 Å². The van der Waals surface area contributed by atoms with Crippen molar-refractivity contribution in [3.8, 4) is 5.75 Å². The topological polar surface area (TPSA) is 72.8 Å². The van der Waals surface area contributed by atoms with E-state index < -0.39 is 5.63 Å². The van der Waals surface area contributed by atoms with Crippen LogP contribution in [-0.4, -0.2) is 18.3 Å². The van der Waals surface area contributed by atoms with Crippen LogP contribution in [-0.2, 0) is 0 Å². The van der Waals surface area contributed by atoms with Crippen LogP contribution in [0.1, 0.15) is 6.42 Å². The molecule has 0 spiro atoms. The standard InChI is InChI=1S/C14H11BrO5/c15-11-8-2-3-10(17)20-13(8)14(18-6-1-5-16)12-9(11)4-7-19-12/h2-4,7,16H,1,5-6H2. The predicted molar refractivity (Wildman–Crippen MR) is 77.2 cm³/mol. The maximum absolute atomic E-state index is 11.4. The number of rotatable bonds is 4. The van der Waals surface area contributed by atoms with E-state index in [0.717, 1.165) is 15.2 Å². The van der Waals surface area contributed by atoms with Gasteiger partial charge in [-0.2, -0.15) is 0 Å². The van der Waals surface area contributed by atoms with Gasteiger partial charge in [0.15, 0.2) is 11.2 Å². The van der Waals surface area contributed by atoms with E-state index in [4.69, 9.17) is 18.7 Å². The number of hydrogen-bond acceptors (Lipinski definition) is 5. The van der Waals surface area contributed by atoms with Crippen LogP contribution < -0.4 is 10.4 Å². The van der Waals surface area contributed by atoms with Crippen LogP contribution >= 0.6 is 15.9 Å². The lowest BCUT2D eigenvalue weighted by atomic mass is 10.1. The summed E-state index contributed by atoms with van der Waals surface area (Å²) >= 11 is 3.48. The number of halogens is 1. The third-order valence-corrected chi connectivity index (χ3v) is 3.79. The number of benzene rings is 1. The molecule has 0 fully saturated rings. The summed E-state index contributed by atoms with van der Waals surface area (Å²) in [7, 11) is 0. The van der Waals surface area contributed by atoms with E-state index in [1.165, 1.54) is 6.07 Å². The average Bonchev–Trinajstić information content (AvgIpc) is 2.92. The summed E-state index contributed by atoms with van der Waals surface area (Å²) < 4.78 is 17.1. The fourth-order valence-corrected chi connectivity index (χ4v) is 2.66. The second-order valence-electron chi connectivity index (χ2n) is 4.23. The van der Waals surface area contributed by atoms with Gasteiger partial charge in [0.05, 0.1) is 12.9 Å². The van der Waals surface area contributed by atoms with Crippen LogP contribution in [0.15, 0.2) is 42.6 Å². The molecule has 6 heteroatoms. The minimum absolute atomic E-state index is 0.0275. The molecule has 0 radical (unpaired) electrons. The van der Waals surface area contributed by atoms with Crippen molar-refractivity contribution in [1.82, 2.24) is 0 Å². The van der Waals surface area contributed by atoms with Crippen LogP contribution in [0.2, 0.25) is 0 Å². The van der Waals surface area contributed by atoms with E-state index in [-0.39, 0.29) is 6.61 Å². The highest BCUT2D eigenvalue weighted by atomic mass is 79.9. The summed E-state index contributed by atoms with van der Waals surface area (Å²) in [5.41, 5.74) is 0.392. The maximum atomic E-state index is 11.4. The molecule has 0 amide bonds. The molecule has 2 heterocycles. The van der Waals surface area contributed by atoms with Gasteiger partial charge in [-0.3, -0.25) is 0 Å². The average molecular weight is 339 g/mol. The quantitative estimate of drug-likeness (QED) is 0.584. The van der Waals surface area contributed by atoms with Crippen molar-refractivity contribution in [2.45, 2.75) is 6.42 Å². The van der Waals surface area contributed by atoms with Crippen LogP contribution in [0, 0.1) is 0 Å². The van der Waals surface area contributed by atoms with Crippen molar-refractivity contribution in [2.24, 2.45) is 0 Å². The molecule has 0 aliphatic rings. The summed E-state index contributed by atoms with van der Waals surface area (Å²) in [5, 5.41) is 10.4. The lowest BCUT2D eigenvalue weighted by Crippen LogP contribution is -2.02. The molecule has 3 aromatic rings. The Morgan fingerprint density at radius 1 is 1.20 bits per heavy atom. The van der Waals surface area contributed by atoms with Crippen LogP contribution in [0.3, 0.4) is 0 Å². The molecule has 0 saturated heterocycles. The molecule has 20 heavy (non-hydrogen) atoms. The van der Waals surface area contributed by atoms with Crippen LogP contribution in [0.25, 0.3) is 21.9 Å². The molecule has 5 nitrogen and oxygen atoms in total. The highest BCUT2D eigenvalue weighted by Crippen LogP contribution is 2.40. The van der Waals surface area contributed by atoms with Gasteiger partial charge in [0.25, 0.3) is 0 Å². The Bertz CT molecular complexity index is 817. The minimum atomic E-state index is -0.456. The molecule has 0 aliphatic carbocycles. The molecule has 0 unspecified atom stereocenters. The fraction of sp³-hybridized carbons (Fsp3) is 0.214. The number of hydrogen-bond donors (Lipinski definition) is 1. The predicted octanol–water partition coefficient (Wildman–Crippen LogP) is 3.06. The zero-order valence-electron chi connectivity index (χ0n) is 10.4. The summed E-state index contributed by atoms with van der Waals surface area (Å²) in [6, 6.07) is 4.84. The number of furan rings is 1. The van der Waals surface area contributed by atoms with Crippen molar-refractivity contribution in [2.75, 3.05) is 13.2 Å². The van der Waals surface area contributed by atoms with Crippen LogP contribution in [0.5, 0.6) is 5.75 Å². The number of ether oxygens (including phenoxy) is 1. The SMILES string of the molecule is O=c1ccc2c(Br)c3ccoc3c(OCCCO)c2o1. The van der Waals surface area contributed by atoms with Crippen molar-refractivity contribution in [3.63, 3.8) is 0 Å². The summed E-state index contributed by atoms with van der Waals surface area (Å²) in [6.07, 6.45) is 2.03. The molecule has 0 saturated carbocycles. The van der Waals surface area contributed by atoms with Crippen molar-refractivity contribution in [3.05, 3.63) is 39.4 Å². The molecule has 104 valence electrons. The third kappa shape index (κ3) is 2.10. The Labute approximate surface area is 121 Å². The van der Waals surface area contributed by atoms with E-state index in [1.807, 2.05) is 6.07 Å². The molecule has 3 rings (SSSR count). The lowest BCUT2D eigenvalue weighted by Gasteiger charge is -2.09. The maximum Gasteiger partial charge on any atom is 0.336 e. The van der Waals surface area contributed by atoms with Gasteiger partial charge in [0.2, 0.25) is 5.75 Å². The van der Waals surface area contributed by atoms with E-state index >= 15 is 0 Å². The van der Waals surface area contributed by atoms with Gasteiger partial charge in [-0.15, -0.1) is 0 Å². The largest absolute Gasteiger partial charge is 0.486 e. The third-order valence-electron chi connectivity index (χ3n) is 2.93.